The van der Waals surface area contributed by atoms with Crippen LogP contribution in [0.3, 0.4) is 0 Å². The minimum atomic E-state index is -1.34. The lowest BCUT2D eigenvalue weighted by Gasteiger charge is -2.39. The summed E-state index contributed by atoms with van der Waals surface area (Å²) in [7, 11) is 1.61. The molecule has 0 radical (unpaired) electrons. The van der Waals surface area contributed by atoms with Crippen LogP contribution in [0.2, 0.25) is 0 Å². The second kappa shape index (κ2) is 7.17. The summed E-state index contributed by atoms with van der Waals surface area (Å²) in [6.07, 6.45) is 6.38. The first-order valence-corrected chi connectivity index (χ1v) is 9.35. The Balaban J connectivity index is 2.00. The van der Waals surface area contributed by atoms with Crippen LogP contribution in [0.5, 0.6) is 0 Å². The quantitative estimate of drug-likeness (QED) is 0.723. The van der Waals surface area contributed by atoms with E-state index < -0.39 is 11.0 Å². The summed E-state index contributed by atoms with van der Waals surface area (Å²) in [5, 5.41) is 14.2. The number of carbonyl (C=O) groups excluding carboxylic acids is 1. The monoisotopic (exact) mass is 382 g/mol. The van der Waals surface area contributed by atoms with Gasteiger partial charge in [0.15, 0.2) is 0 Å². The van der Waals surface area contributed by atoms with Crippen molar-refractivity contribution >= 4 is 17.2 Å². The first-order valence-electron chi connectivity index (χ1n) is 8.54. The van der Waals surface area contributed by atoms with Crippen LogP contribution in [0.1, 0.15) is 41.7 Å². The third kappa shape index (κ3) is 3.48. The molecule has 0 bridgehead atoms. The molecule has 3 aromatic heterocycles. The lowest BCUT2D eigenvalue weighted by atomic mass is 9.71. The van der Waals surface area contributed by atoms with Crippen molar-refractivity contribution in [3.8, 4) is 10.4 Å². The van der Waals surface area contributed by atoms with Crippen molar-refractivity contribution in [1.82, 2.24) is 20.3 Å². The van der Waals surface area contributed by atoms with Crippen molar-refractivity contribution in [2.45, 2.75) is 26.4 Å². The minimum absolute atomic E-state index is 0.109. The molecule has 6 nitrogen and oxygen atoms in total. The standard InChI is InChI=1S/C20H22N4O2S/c1-19(2,3)20(26,14-10-22-12-23-11-14)17-8-5-13(9-24-17)15-6-7-16(27-15)18(25)21-4/h5-12,26H,1-4H3,(H,21,25). The maximum Gasteiger partial charge on any atom is 0.261 e. The molecule has 7 heteroatoms. The zero-order valence-electron chi connectivity index (χ0n) is 15.7. The molecule has 3 rings (SSSR count). The molecule has 0 fully saturated rings. The highest BCUT2D eigenvalue weighted by Gasteiger charge is 2.45. The Morgan fingerprint density at radius 1 is 1.07 bits per heavy atom. The third-order valence-corrected chi connectivity index (χ3v) is 5.67. The zero-order chi connectivity index (χ0) is 19.7. The first kappa shape index (κ1) is 19.1. The lowest BCUT2D eigenvalue weighted by molar-refractivity contribution is -0.0301. The summed E-state index contributed by atoms with van der Waals surface area (Å²) < 4.78 is 0. The third-order valence-electron chi connectivity index (χ3n) is 4.54. The highest BCUT2D eigenvalue weighted by atomic mass is 32.1. The van der Waals surface area contributed by atoms with Gasteiger partial charge in [-0.05, 0) is 18.2 Å². The molecule has 0 saturated heterocycles. The van der Waals surface area contributed by atoms with Gasteiger partial charge in [0.05, 0.1) is 10.6 Å². The van der Waals surface area contributed by atoms with Gasteiger partial charge < -0.3 is 10.4 Å². The molecule has 0 saturated carbocycles. The van der Waals surface area contributed by atoms with Gasteiger partial charge in [-0.3, -0.25) is 9.78 Å². The van der Waals surface area contributed by atoms with E-state index >= 15 is 0 Å². The van der Waals surface area contributed by atoms with Gasteiger partial charge in [-0.15, -0.1) is 11.3 Å². The van der Waals surface area contributed by atoms with E-state index in [1.165, 1.54) is 17.7 Å². The molecule has 1 unspecified atom stereocenters. The maximum absolute atomic E-state index is 11.7. The van der Waals surface area contributed by atoms with E-state index in [9.17, 15) is 9.90 Å². The Morgan fingerprint density at radius 3 is 2.33 bits per heavy atom. The van der Waals surface area contributed by atoms with Gasteiger partial charge in [0.25, 0.3) is 5.91 Å². The van der Waals surface area contributed by atoms with E-state index in [0.717, 1.165) is 10.4 Å². The molecule has 0 aliphatic heterocycles. The van der Waals surface area contributed by atoms with Crippen molar-refractivity contribution in [2.75, 3.05) is 7.05 Å². The van der Waals surface area contributed by atoms with Crippen LogP contribution in [0.15, 0.2) is 49.2 Å². The first-order chi connectivity index (χ1) is 12.8. The maximum atomic E-state index is 11.7. The van der Waals surface area contributed by atoms with E-state index in [1.54, 1.807) is 31.7 Å². The van der Waals surface area contributed by atoms with E-state index in [0.29, 0.717) is 16.1 Å². The molecule has 0 aliphatic rings. The van der Waals surface area contributed by atoms with Crippen LogP contribution in [-0.4, -0.2) is 33.0 Å². The highest BCUT2D eigenvalue weighted by molar-refractivity contribution is 7.17. The van der Waals surface area contributed by atoms with Crippen molar-refractivity contribution < 1.29 is 9.90 Å². The van der Waals surface area contributed by atoms with E-state index in [-0.39, 0.29) is 5.91 Å². The van der Waals surface area contributed by atoms with Gasteiger partial charge in [-0.2, -0.15) is 0 Å². The van der Waals surface area contributed by atoms with Crippen LogP contribution in [0, 0.1) is 5.41 Å². The van der Waals surface area contributed by atoms with E-state index in [4.69, 9.17) is 0 Å². The van der Waals surface area contributed by atoms with Gasteiger partial charge in [0, 0.05) is 47.1 Å². The molecule has 0 spiro atoms. The average molecular weight is 382 g/mol. The Labute approximate surface area is 162 Å². The van der Waals surface area contributed by atoms with Crippen LogP contribution in [0.25, 0.3) is 10.4 Å². The molecule has 3 aromatic rings. The van der Waals surface area contributed by atoms with Crippen molar-refractivity contribution in [2.24, 2.45) is 5.41 Å². The van der Waals surface area contributed by atoms with Crippen LogP contribution >= 0.6 is 11.3 Å². The smallest absolute Gasteiger partial charge is 0.261 e. The Kier molecular flexibility index (Phi) is 5.08. The molecule has 0 aromatic carbocycles. The van der Waals surface area contributed by atoms with Crippen molar-refractivity contribution in [3.63, 3.8) is 0 Å². The number of aromatic nitrogens is 3. The number of aliphatic hydroxyl groups is 1. The predicted octanol–water partition coefficient (Wildman–Crippen LogP) is 3.24. The summed E-state index contributed by atoms with van der Waals surface area (Å²) >= 11 is 1.40. The number of rotatable bonds is 4. The molecule has 0 aliphatic carbocycles. The number of carbonyl (C=O) groups is 1. The zero-order valence-corrected chi connectivity index (χ0v) is 16.5. The van der Waals surface area contributed by atoms with Gasteiger partial charge in [-0.1, -0.05) is 26.8 Å². The second-order valence-corrected chi connectivity index (χ2v) is 8.35. The van der Waals surface area contributed by atoms with Crippen molar-refractivity contribution in [1.29, 1.82) is 0 Å². The average Bonchev–Trinajstić information content (AvgIpc) is 3.17. The van der Waals surface area contributed by atoms with Crippen LogP contribution in [0.4, 0.5) is 0 Å². The Bertz CT molecular complexity index is 933. The summed E-state index contributed by atoms with van der Waals surface area (Å²) in [6, 6.07) is 7.40. The molecular formula is C20H22N4O2S. The molecular weight excluding hydrogens is 360 g/mol. The van der Waals surface area contributed by atoms with Gasteiger partial charge in [0.1, 0.15) is 11.9 Å². The second-order valence-electron chi connectivity index (χ2n) is 7.26. The van der Waals surface area contributed by atoms with Gasteiger partial charge in [-0.25, -0.2) is 9.97 Å². The summed E-state index contributed by atoms with van der Waals surface area (Å²) in [5.74, 6) is -0.109. The number of hydrogen-bond donors (Lipinski definition) is 2. The fraction of sp³-hybridized carbons (Fsp3) is 0.300. The minimum Gasteiger partial charge on any atom is -0.378 e. The summed E-state index contributed by atoms with van der Waals surface area (Å²) in [5.41, 5.74) is 0.142. The highest BCUT2D eigenvalue weighted by Crippen LogP contribution is 2.43. The fourth-order valence-corrected chi connectivity index (χ4v) is 3.89. The van der Waals surface area contributed by atoms with Gasteiger partial charge in [0.2, 0.25) is 0 Å². The predicted molar refractivity (Wildman–Crippen MR) is 105 cm³/mol. The molecule has 27 heavy (non-hydrogen) atoms. The van der Waals surface area contributed by atoms with Crippen LogP contribution < -0.4 is 5.32 Å². The normalized spacial score (nSPS) is 13.8. The fourth-order valence-electron chi connectivity index (χ4n) is 2.94. The Morgan fingerprint density at radius 2 is 1.78 bits per heavy atom. The molecule has 1 amide bonds. The summed E-state index contributed by atoms with van der Waals surface area (Å²) in [6.45, 7) is 5.85. The molecule has 140 valence electrons. The SMILES string of the molecule is CNC(=O)c1ccc(-c2ccc(C(O)(c3cncnc3)C(C)(C)C)nc2)s1. The molecule has 1 atom stereocenters. The number of thiophene rings is 1. The Hall–Kier alpha value is -2.64. The van der Waals surface area contributed by atoms with Gasteiger partial charge >= 0.3 is 0 Å². The lowest BCUT2D eigenvalue weighted by Crippen LogP contribution is -2.42. The van der Waals surface area contributed by atoms with E-state index in [2.05, 4.69) is 20.3 Å². The van der Waals surface area contributed by atoms with Crippen LogP contribution in [-0.2, 0) is 5.60 Å². The summed E-state index contributed by atoms with van der Waals surface area (Å²) in [4.78, 5) is 26.0. The molecule has 2 N–H and O–H groups in total. The number of hydrogen-bond acceptors (Lipinski definition) is 6. The number of nitrogens with zero attached hydrogens (tertiary/aromatic N) is 3. The van der Waals surface area contributed by atoms with Crippen molar-refractivity contribution in [3.05, 3.63) is 65.3 Å². The van der Waals surface area contributed by atoms with E-state index in [1.807, 2.05) is 39.0 Å². The topological polar surface area (TPSA) is 88.0 Å². The molecule has 3 heterocycles. The number of nitrogens with one attached hydrogen (secondary N) is 1. The number of amides is 1. The largest absolute Gasteiger partial charge is 0.378 e. The number of pyridine rings is 1.